The average Bonchev–Trinajstić information content (AvgIpc) is 2.61. The quantitative estimate of drug-likeness (QED) is 0.689. The predicted octanol–water partition coefficient (Wildman–Crippen LogP) is 4.14. The molecule has 3 N–H and O–H groups in total. The van der Waals surface area contributed by atoms with Crippen molar-refractivity contribution in [3.05, 3.63) is 77.0 Å². The first kappa shape index (κ1) is 18.9. The number of amides is 1. The standard InChI is InChI=1S/C19H16F3N3OS/c1-11-15(16(25-18(27)23-11)12-7-3-2-4-8-12)17(26)24-14-10-6-5-9-13(14)19(20,21)22/h2-10,16H,1H3,(H,24,26)(H2,23,25,27)/t16-/m1/s1. The summed E-state index contributed by atoms with van der Waals surface area (Å²) in [6, 6.07) is 13.4. The van der Waals surface area contributed by atoms with Crippen molar-refractivity contribution in [2.24, 2.45) is 0 Å². The lowest BCUT2D eigenvalue weighted by molar-refractivity contribution is -0.137. The number of hydrogen-bond acceptors (Lipinski definition) is 2. The van der Waals surface area contributed by atoms with Crippen LogP contribution in [-0.4, -0.2) is 11.0 Å². The van der Waals surface area contributed by atoms with Crippen LogP contribution in [0.15, 0.2) is 65.9 Å². The van der Waals surface area contributed by atoms with E-state index >= 15 is 0 Å². The third-order valence-corrected chi connectivity index (χ3v) is 4.35. The number of nitrogens with one attached hydrogen (secondary N) is 3. The first-order chi connectivity index (χ1) is 12.8. The van der Waals surface area contributed by atoms with Crippen LogP contribution in [0.3, 0.4) is 0 Å². The molecule has 27 heavy (non-hydrogen) atoms. The Labute approximate surface area is 159 Å². The number of anilines is 1. The first-order valence-electron chi connectivity index (χ1n) is 8.08. The number of benzene rings is 2. The van der Waals surface area contributed by atoms with Gasteiger partial charge in [0.25, 0.3) is 5.91 Å². The lowest BCUT2D eigenvalue weighted by atomic mass is 9.95. The minimum Gasteiger partial charge on any atom is -0.351 e. The van der Waals surface area contributed by atoms with Crippen LogP contribution < -0.4 is 16.0 Å². The Hall–Kier alpha value is -2.87. The fraction of sp³-hybridized carbons (Fsp3) is 0.158. The molecule has 4 nitrogen and oxygen atoms in total. The van der Waals surface area contributed by atoms with Crippen LogP contribution in [0, 0.1) is 0 Å². The molecule has 1 aliphatic heterocycles. The Morgan fingerprint density at radius 3 is 2.37 bits per heavy atom. The summed E-state index contributed by atoms with van der Waals surface area (Å²) < 4.78 is 39.6. The highest BCUT2D eigenvalue weighted by Gasteiger charge is 2.35. The van der Waals surface area contributed by atoms with Crippen LogP contribution in [0.1, 0.15) is 24.1 Å². The summed E-state index contributed by atoms with van der Waals surface area (Å²) in [4.78, 5) is 12.9. The number of halogens is 3. The summed E-state index contributed by atoms with van der Waals surface area (Å²) in [5, 5.41) is 8.59. The fourth-order valence-corrected chi connectivity index (χ4v) is 3.19. The van der Waals surface area contributed by atoms with Gasteiger partial charge in [-0.05, 0) is 36.8 Å². The second-order valence-electron chi connectivity index (χ2n) is 5.98. The summed E-state index contributed by atoms with van der Waals surface area (Å²) >= 11 is 5.16. The highest BCUT2D eigenvalue weighted by molar-refractivity contribution is 7.80. The van der Waals surface area contributed by atoms with Crippen molar-refractivity contribution < 1.29 is 18.0 Å². The number of rotatable bonds is 3. The van der Waals surface area contributed by atoms with E-state index in [1.165, 1.54) is 18.2 Å². The lowest BCUT2D eigenvalue weighted by Gasteiger charge is -2.30. The molecule has 0 saturated heterocycles. The highest BCUT2D eigenvalue weighted by Crippen LogP contribution is 2.35. The van der Waals surface area contributed by atoms with E-state index in [1.54, 1.807) is 6.92 Å². The average molecular weight is 391 g/mol. The van der Waals surface area contributed by atoms with Crippen molar-refractivity contribution in [1.29, 1.82) is 0 Å². The third kappa shape index (κ3) is 4.11. The Kier molecular flexibility index (Phi) is 5.18. The zero-order valence-electron chi connectivity index (χ0n) is 14.2. The molecular formula is C19H16F3N3OS. The van der Waals surface area contributed by atoms with E-state index in [0.29, 0.717) is 10.8 Å². The summed E-state index contributed by atoms with van der Waals surface area (Å²) in [6.07, 6.45) is -4.57. The predicted molar refractivity (Wildman–Crippen MR) is 101 cm³/mol. The molecule has 0 saturated carbocycles. The Morgan fingerprint density at radius 1 is 1.07 bits per heavy atom. The van der Waals surface area contributed by atoms with Crippen molar-refractivity contribution in [2.45, 2.75) is 19.1 Å². The number of carbonyl (C=O) groups excluding carboxylic acids is 1. The minimum atomic E-state index is -4.57. The molecule has 8 heteroatoms. The molecule has 0 fully saturated rings. The van der Waals surface area contributed by atoms with Gasteiger partial charge in [-0.3, -0.25) is 4.79 Å². The molecule has 140 valence electrons. The van der Waals surface area contributed by atoms with Crippen molar-refractivity contribution in [1.82, 2.24) is 10.6 Å². The van der Waals surface area contributed by atoms with Crippen molar-refractivity contribution in [3.63, 3.8) is 0 Å². The SMILES string of the molecule is CC1=C(C(=O)Nc2ccccc2C(F)(F)F)[C@@H](c2ccccc2)NC(=S)N1. The number of thiocarbonyl (C=S) groups is 1. The Bertz CT molecular complexity index is 910. The first-order valence-corrected chi connectivity index (χ1v) is 8.49. The van der Waals surface area contributed by atoms with Gasteiger partial charge in [0.05, 0.1) is 22.9 Å². The lowest BCUT2D eigenvalue weighted by Crippen LogP contribution is -2.45. The molecule has 0 aliphatic carbocycles. The summed E-state index contributed by atoms with van der Waals surface area (Å²) in [6.45, 7) is 1.66. The molecule has 0 aromatic heterocycles. The van der Waals surface area contributed by atoms with Crippen LogP contribution in [0.2, 0.25) is 0 Å². The molecule has 1 heterocycles. The van der Waals surface area contributed by atoms with E-state index in [1.807, 2.05) is 30.3 Å². The van der Waals surface area contributed by atoms with E-state index in [4.69, 9.17) is 12.2 Å². The molecule has 0 radical (unpaired) electrons. The molecule has 2 aromatic rings. The second kappa shape index (κ2) is 7.40. The van der Waals surface area contributed by atoms with Crippen LogP contribution in [0.25, 0.3) is 0 Å². The van der Waals surface area contributed by atoms with Crippen molar-refractivity contribution >= 4 is 28.9 Å². The molecule has 0 unspecified atom stereocenters. The monoisotopic (exact) mass is 391 g/mol. The Morgan fingerprint density at radius 2 is 1.70 bits per heavy atom. The molecule has 1 atom stereocenters. The van der Waals surface area contributed by atoms with Gasteiger partial charge in [0, 0.05) is 5.70 Å². The van der Waals surface area contributed by atoms with Gasteiger partial charge in [0.1, 0.15) is 0 Å². The number of para-hydroxylation sites is 1. The van der Waals surface area contributed by atoms with Gasteiger partial charge in [0.15, 0.2) is 5.11 Å². The zero-order valence-corrected chi connectivity index (χ0v) is 15.0. The summed E-state index contributed by atoms with van der Waals surface area (Å²) in [7, 11) is 0. The maximum absolute atomic E-state index is 13.2. The fourth-order valence-electron chi connectivity index (χ4n) is 2.92. The number of hydrogen-bond donors (Lipinski definition) is 3. The van der Waals surface area contributed by atoms with Crippen LogP contribution >= 0.6 is 12.2 Å². The molecular weight excluding hydrogens is 375 g/mol. The number of alkyl halides is 3. The maximum Gasteiger partial charge on any atom is 0.418 e. The van der Waals surface area contributed by atoms with Gasteiger partial charge in [0.2, 0.25) is 0 Å². The maximum atomic E-state index is 13.2. The van der Waals surface area contributed by atoms with Crippen LogP contribution in [-0.2, 0) is 11.0 Å². The minimum absolute atomic E-state index is 0.270. The Balaban J connectivity index is 1.97. The van der Waals surface area contributed by atoms with E-state index in [0.717, 1.165) is 11.6 Å². The molecule has 0 bridgehead atoms. The highest BCUT2D eigenvalue weighted by atomic mass is 32.1. The van der Waals surface area contributed by atoms with Gasteiger partial charge in [-0.2, -0.15) is 13.2 Å². The van der Waals surface area contributed by atoms with Gasteiger partial charge < -0.3 is 16.0 Å². The summed E-state index contributed by atoms with van der Waals surface area (Å²) in [5.41, 5.74) is 0.326. The van der Waals surface area contributed by atoms with E-state index in [2.05, 4.69) is 16.0 Å². The zero-order chi connectivity index (χ0) is 19.6. The van der Waals surface area contributed by atoms with Crippen molar-refractivity contribution in [2.75, 3.05) is 5.32 Å². The number of allylic oxidation sites excluding steroid dienone is 1. The molecule has 3 rings (SSSR count). The third-order valence-electron chi connectivity index (χ3n) is 4.13. The van der Waals surface area contributed by atoms with E-state index in [-0.39, 0.29) is 11.3 Å². The number of carbonyl (C=O) groups is 1. The van der Waals surface area contributed by atoms with Crippen molar-refractivity contribution in [3.8, 4) is 0 Å². The molecule has 1 amide bonds. The smallest absolute Gasteiger partial charge is 0.351 e. The second-order valence-corrected chi connectivity index (χ2v) is 6.39. The van der Waals surface area contributed by atoms with Gasteiger partial charge in [-0.25, -0.2) is 0 Å². The topological polar surface area (TPSA) is 53.2 Å². The normalized spacial score (nSPS) is 17.2. The molecule has 1 aliphatic rings. The van der Waals surface area contributed by atoms with Gasteiger partial charge in [-0.1, -0.05) is 42.5 Å². The largest absolute Gasteiger partial charge is 0.418 e. The van der Waals surface area contributed by atoms with E-state index in [9.17, 15) is 18.0 Å². The summed E-state index contributed by atoms with van der Waals surface area (Å²) in [5.74, 6) is -0.638. The van der Waals surface area contributed by atoms with Gasteiger partial charge in [-0.15, -0.1) is 0 Å². The molecule has 2 aromatic carbocycles. The van der Waals surface area contributed by atoms with E-state index < -0.39 is 23.7 Å². The molecule has 0 spiro atoms. The van der Waals surface area contributed by atoms with Crippen LogP contribution in [0.4, 0.5) is 18.9 Å². The van der Waals surface area contributed by atoms with Gasteiger partial charge >= 0.3 is 6.18 Å². The van der Waals surface area contributed by atoms with Crippen LogP contribution in [0.5, 0.6) is 0 Å².